The molecular formula is C26H36N2. The maximum Gasteiger partial charge on any atom is 0.144 e. The Morgan fingerprint density at radius 1 is 0.929 bits per heavy atom. The van der Waals surface area contributed by atoms with Gasteiger partial charge in [0, 0.05) is 18.0 Å². The average Bonchev–Trinajstić information content (AvgIpc) is 3.11. The summed E-state index contributed by atoms with van der Waals surface area (Å²) in [5.74, 6) is 1.49. The first-order chi connectivity index (χ1) is 13.4. The van der Waals surface area contributed by atoms with Crippen molar-refractivity contribution in [3.05, 3.63) is 71.0 Å². The van der Waals surface area contributed by atoms with Crippen LogP contribution in [0.1, 0.15) is 75.1 Å². The average molecular weight is 377 g/mol. The van der Waals surface area contributed by atoms with Gasteiger partial charge in [-0.3, -0.25) is 4.57 Å². The summed E-state index contributed by atoms with van der Waals surface area (Å²) in [5.41, 5.74) is 7.65. The molecule has 0 aliphatic rings. The molecule has 0 amide bonds. The van der Waals surface area contributed by atoms with E-state index < -0.39 is 0 Å². The summed E-state index contributed by atoms with van der Waals surface area (Å²) in [7, 11) is 0. The summed E-state index contributed by atoms with van der Waals surface area (Å²) < 4.78 is 2.23. The normalized spacial score (nSPS) is 10.7. The van der Waals surface area contributed by atoms with Crippen molar-refractivity contribution < 1.29 is 0 Å². The number of aromatic nitrogens is 2. The van der Waals surface area contributed by atoms with E-state index in [1.54, 1.807) is 0 Å². The Labute approximate surface area is 171 Å². The number of hydrogen-bond donors (Lipinski definition) is 0. The molecule has 0 saturated heterocycles. The summed E-state index contributed by atoms with van der Waals surface area (Å²) in [6, 6.07) is 13.0. The third-order valence-electron chi connectivity index (χ3n) is 5.05. The molecule has 0 aliphatic heterocycles. The molecule has 0 spiro atoms. The molecule has 0 unspecified atom stereocenters. The van der Waals surface area contributed by atoms with Crippen molar-refractivity contribution in [2.45, 2.75) is 73.6 Å². The van der Waals surface area contributed by atoms with Crippen LogP contribution in [0.3, 0.4) is 0 Å². The molecule has 0 N–H and O–H groups in total. The van der Waals surface area contributed by atoms with Gasteiger partial charge >= 0.3 is 0 Å². The SMILES string of the molecule is CCCCC.Cc1cc(C)c(-n2ccnc2-c2ccccc2C(C)C)c(C)c1. The predicted molar refractivity (Wildman–Crippen MR) is 122 cm³/mol. The van der Waals surface area contributed by atoms with Crippen LogP contribution in [0.15, 0.2) is 48.8 Å². The van der Waals surface area contributed by atoms with Gasteiger partial charge in [0.05, 0.1) is 5.69 Å². The van der Waals surface area contributed by atoms with Gasteiger partial charge in [-0.2, -0.15) is 0 Å². The number of hydrogen-bond acceptors (Lipinski definition) is 1. The second kappa shape index (κ2) is 10.3. The quantitative estimate of drug-likeness (QED) is 0.444. The zero-order valence-corrected chi connectivity index (χ0v) is 18.7. The van der Waals surface area contributed by atoms with Gasteiger partial charge in [-0.25, -0.2) is 4.98 Å². The van der Waals surface area contributed by atoms with Gasteiger partial charge in [0.2, 0.25) is 0 Å². The molecule has 3 aromatic rings. The highest BCUT2D eigenvalue weighted by Crippen LogP contribution is 2.31. The Bertz CT molecular complexity index is 862. The fraction of sp³-hybridized carbons (Fsp3) is 0.423. The van der Waals surface area contributed by atoms with E-state index in [1.165, 1.54) is 52.8 Å². The Balaban J connectivity index is 0.000000500. The molecule has 28 heavy (non-hydrogen) atoms. The third-order valence-corrected chi connectivity index (χ3v) is 5.05. The molecule has 0 aliphatic carbocycles. The van der Waals surface area contributed by atoms with Gasteiger partial charge in [0.15, 0.2) is 0 Å². The summed E-state index contributed by atoms with van der Waals surface area (Å²) >= 11 is 0. The fourth-order valence-corrected chi connectivity index (χ4v) is 3.79. The van der Waals surface area contributed by atoms with Crippen LogP contribution in [-0.4, -0.2) is 9.55 Å². The van der Waals surface area contributed by atoms with Crippen LogP contribution in [0.5, 0.6) is 0 Å². The van der Waals surface area contributed by atoms with E-state index >= 15 is 0 Å². The minimum Gasteiger partial charge on any atom is -0.299 e. The van der Waals surface area contributed by atoms with E-state index in [2.05, 4.69) is 101 Å². The van der Waals surface area contributed by atoms with Crippen molar-refractivity contribution in [2.24, 2.45) is 0 Å². The predicted octanol–water partition coefficient (Wildman–Crippen LogP) is 7.78. The highest BCUT2D eigenvalue weighted by Gasteiger charge is 2.16. The van der Waals surface area contributed by atoms with E-state index in [9.17, 15) is 0 Å². The third kappa shape index (κ3) is 5.13. The lowest BCUT2D eigenvalue weighted by Crippen LogP contribution is -2.04. The number of benzene rings is 2. The summed E-state index contributed by atoms with van der Waals surface area (Å²) in [6.45, 7) is 15.4. The van der Waals surface area contributed by atoms with Crippen LogP contribution in [0.25, 0.3) is 17.1 Å². The second-order valence-corrected chi connectivity index (χ2v) is 7.96. The number of nitrogens with zero attached hydrogens (tertiary/aromatic N) is 2. The monoisotopic (exact) mass is 376 g/mol. The van der Waals surface area contributed by atoms with Crippen LogP contribution in [0.2, 0.25) is 0 Å². The van der Waals surface area contributed by atoms with E-state index in [0.717, 1.165) is 5.82 Å². The lowest BCUT2D eigenvalue weighted by Gasteiger charge is -2.17. The van der Waals surface area contributed by atoms with Crippen LogP contribution in [0, 0.1) is 20.8 Å². The largest absolute Gasteiger partial charge is 0.299 e. The van der Waals surface area contributed by atoms with Crippen LogP contribution in [-0.2, 0) is 0 Å². The van der Waals surface area contributed by atoms with Crippen LogP contribution < -0.4 is 0 Å². The van der Waals surface area contributed by atoms with E-state index in [-0.39, 0.29) is 0 Å². The van der Waals surface area contributed by atoms with E-state index in [4.69, 9.17) is 0 Å². The molecule has 2 aromatic carbocycles. The molecule has 0 atom stereocenters. The van der Waals surface area contributed by atoms with E-state index in [0.29, 0.717) is 5.92 Å². The first kappa shape index (κ1) is 21.9. The number of unbranched alkanes of at least 4 members (excludes halogenated alkanes) is 2. The lowest BCUT2D eigenvalue weighted by molar-refractivity contribution is 0.772. The smallest absolute Gasteiger partial charge is 0.144 e. The summed E-state index contributed by atoms with van der Waals surface area (Å²) in [6.07, 6.45) is 8.04. The topological polar surface area (TPSA) is 17.8 Å². The number of aryl methyl sites for hydroxylation is 3. The highest BCUT2D eigenvalue weighted by atomic mass is 15.1. The highest BCUT2D eigenvalue weighted by molar-refractivity contribution is 5.65. The Kier molecular flexibility index (Phi) is 8.04. The summed E-state index contributed by atoms with van der Waals surface area (Å²) in [5, 5.41) is 0. The Hall–Kier alpha value is -2.35. The minimum atomic E-state index is 0.469. The molecule has 1 aromatic heterocycles. The van der Waals surface area contributed by atoms with Gasteiger partial charge in [-0.05, 0) is 43.4 Å². The molecule has 0 saturated carbocycles. The van der Waals surface area contributed by atoms with Crippen molar-refractivity contribution in [1.29, 1.82) is 0 Å². The lowest BCUT2D eigenvalue weighted by atomic mass is 9.96. The zero-order chi connectivity index (χ0) is 20.7. The van der Waals surface area contributed by atoms with E-state index in [1.807, 2.05) is 6.20 Å². The number of rotatable bonds is 5. The van der Waals surface area contributed by atoms with Crippen LogP contribution >= 0.6 is 0 Å². The maximum absolute atomic E-state index is 4.67. The van der Waals surface area contributed by atoms with Gasteiger partial charge in [0.1, 0.15) is 5.82 Å². The molecule has 3 rings (SSSR count). The van der Waals surface area contributed by atoms with Crippen molar-refractivity contribution in [3.8, 4) is 17.1 Å². The molecule has 0 radical (unpaired) electrons. The first-order valence-corrected chi connectivity index (χ1v) is 10.6. The standard InChI is InChI=1S/C21H24N2.C5H12/c1-14(2)18-8-6-7-9-19(18)21-22-10-11-23(21)20-16(4)12-15(3)13-17(20)5;1-3-5-4-2/h6-14H,1-5H3;3-5H2,1-2H3. The van der Waals surface area contributed by atoms with Crippen molar-refractivity contribution >= 4 is 0 Å². The Morgan fingerprint density at radius 3 is 2.07 bits per heavy atom. The van der Waals surface area contributed by atoms with Gasteiger partial charge in [-0.1, -0.05) is 88.9 Å². The fourth-order valence-electron chi connectivity index (χ4n) is 3.79. The maximum atomic E-state index is 4.67. The van der Waals surface area contributed by atoms with Gasteiger partial charge in [0.25, 0.3) is 0 Å². The zero-order valence-electron chi connectivity index (χ0n) is 18.7. The Morgan fingerprint density at radius 2 is 1.54 bits per heavy atom. The molecule has 0 fully saturated rings. The molecule has 2 nitrogen and oxygen atoms in total. The molecule has 2 heteroatoms. The summed E-state index contributed by atoms with van der Waals surface area (Å²) in [4.78, 5) is 4.67. The molecule has 150 valence electrons. The van der Waals surface area contributed by atoms with Crippen molar-refractivity contribution in [3.63, 3.8) is 0 Å². The molecular weight excluding hydrogens is 340 g/mol. The van der Waals surface area contributed by atoms with Gasteiger partial charge in [-0.15, -0.1) is 0 Å². The van der Waals surface area contributed by atoms with Crippen molar-refractivity contribution in [1.82, 2.24) is 9.55 Å². The second-order valence-electron chi connectivity index (χ2n) is 7.96. The molecule has 1 heterocycles. The van der Waals surface area contributed by atoms with Crippen molar-refractivity contribution in [2.75, 3.05) is 0 Å². The first-order valence-electron chi connectivity index (χ1n) is 10.6. The minimum absolute atomic E-state index is 0.469. The number of imidazole rings is 1. The molecule has 0 bridgehead atoms. The van der Waals surface area contributed by atoms with Crippen LogP contribution in [0.4, 0.5) is 0 Å². The van der Waals surface area contributed by atoms with Gasteiger partial charge < -0.3 is 0 Å².